The molecule has 9 heteroatoms. The molecule has 1 saturated heterocycles. The lowest BCUT2D eigenvalue weighted by Crippen LogP contribution is -2.54. The van der Waals surface area contributed by atoms with Gasteiger partial charge in [-0.3, -0.25) is 19.8 Å². The van der Waals surface area contributed by atoms with Gasteiger partial charge in [0, 0.05) is 0 Å². The second-order valence-corrected chi connectivity index (χ2v) is 6.47. The van der Waals surface area contributed by atoms with Gasteiger partial charge in [-0.25, -0.2) is 4.39 Å². The normalized spacial score (nSPS) is 16.2. The van der Waals surface area contributed by atoms with Gasteiger partial charge in [0.25, 0.3) is 11.8 Å². The molecule has 0 atom stereocenters. The average Bonchev–Trinajstić information content (AvgIpc) is 2.58. The molecule has 0 bridgehead atoms. The molecule has 0 aromatic heterocycles. The van der Waals surface area contributed by atoms with Crippen molar-refractivity contribution >= 4 is 64.1 Å². The number of phenols is 1. The third-order valence-corrected chi connectivity index (χ3v) is 4.40. The molecule has 2 N–H and O–H groups in total. The van der Waals surface area contributed by atoms with Crippen LogP contribution in [0, 0.1) is 5.82 Å². The first kappa shape index (κ1) is 18.3. The summed E-state index contributed by atoms with van der Waals surface area (Å²) in [7, 11) is 0. The van der Waals surface area contributed by atoms with Gasteiger partial charge in [0.1, 0.15) is 11.4 Å². The highest BCUT2D eigenvalue weighted by Gasteiger charge is 2.34. The Morgan fingerprint density at radius 3 is 2.27 bits per heavy atom. The van der Waals surface area contributed by atoms with Crippen LogP contribution in [-0.2, 0) is 9.59 Å². The van der Waals surface area contributed by atoms with Crippen LogP contribution >= 0.6 is 35.4 Å². The lowest BCUT2D eigenvalue weighted by atomic mass is 10.1. The van der Waals surface area contributed by atoms with E-state index in [9.17, 15) is 19.1 Å². The van der Waals surface area contributed by atoms with Crippen LogP contribution in [-0.4, -0.2) is 22.0 Å². The summed E-state index contributed by atoms with van der Waals surface area (Å²) in [6.45, 7) is 0. The molecule has 1 aliphatic rings. The number of anilines is 1. The van der Waals surface area contributed by atoms with E-state index in [-0.39, 0.29) is 26.5 Å². The van der Waals surface area contributed by atoms with E-state index in [1.54, 1.807) is 0 Å². The summed E-state index contributed by atoms with van der Waals surface area (Å²) in [5, 5.41) is 11.8. The molecule has 2 aromatic carbocycles. The van der Waals surface area contributed by atoms with Crippen LogP contribution < -0.4 is 10.2 Å². The van der Waals surface area contributed by atoms with Crippen molar-refractivity contribution in [2.24, 2.45) is 0 Å². The molecule has 1 fully saturated rings. The number of amides is 2. The van der Waals surface area contributed by atoms with Crippen molar-refractivity contribution in [3.05, 3.63) is 63.4 Å². The maximum Gasteiger partial charge on any atom is 0.270 e. The Kier molecular flexibility index (Phi) is 4.95. The molecule has 1 heterocycles. The summed E-state index contributed by atoms with van der Waals surface area (Å²) in [6, 6.07) is 7.78. The Hall–Kier alpha value is -2.48. The van der Waals surface area contributed by atoms with Gasteiger partial charge >= 0.3 is 0 Å². The number of nitrogens with zero attached hydrogens (tertiary/aromatic N) is 1. The number of rotatable bonds is 2. The first-order valence-electron chi connectivity index (χ1n) is 7.13. The Bertz CT molecular complexity index is 953. The van der Waals surface area contributed by atoms with Crippen molar-refractivity contribution in [3.8, 4) is 5.75 Å². The molecule has 0 aliphatic carbocycles. The van der Waals surface area contributed by atoms with E-state index in [0.717, 1.165) is 4.90 Å². The van der Waals surface area contributed by atoms with Crippen molar-refractivity contribution in [1.82, 2.24) is 5.32 Å². The molecule has 5 nitrogen and oxygen atoms in total. The second kappa shape index (κ2) is 7.03. The number of benzene rings is 2. The fourth-order valence-corrected chi connectivity index (χ4v) is 3.10. The zero-order chi connectivity index (χ0) is 19.0. The van der Waals surface area contributed by atoms with Gasteiger partial charge in [-0.1, -0.05) is 23.2 Å². The standard InChI is InChI=1S/C17H9Cl2FN2O3S/c18-12-6-8(7-13(19)14(12)23)5-11-15(24)21-17(26)22(16(11)25)10-3-1-9(20)2-4-10/h1-7,23H,(H,21,24,26)/b11-5-. The van der Waals surface area contributed by atoms with Gasteiger partial charge in [-0.05, 0) is 60.3 Å². The number of hydrogen-bond acceptors (Lipinski definition) is 4. The van der Waals surface area contributed by atoms with E-state index in [1.807, 2.05) is 0 Å². The molecule has 3 rings (SSSR count). The third-order valence-electron chi connectivity index (χ3n) is 3.54. The Balaban J connectivity index is 2.04. The van der Waals surface area contributed by atoms with E-state index in [2.05, 4.69) is 5.32 Å². The summed E-state index contributed by atoms with van der Waals surface area (Å²) in [5.41, 5.74) is 0.415. The molecule has 132 valence electrons. The summed E-state index contributed by atoms with van der Waals surface area (Å²) in [6.07, 6.45) is 1.27. The van der Waals surface area contributed by atoms with Crippen LogP contribution in [0.15, 0.2) is 42.0 Å². The van der Waals surface area contributed by atoms with Gasteiger partial charge in [0.05, 0.1) is 15.7 Å². The summed E-state index contributed by atoms with van der Waals surface area (Å²) in [5.74, 6) is -2.16. The molecule has 0 saturated carbocycles. The Labute approximate surface area is 162 Å². The molecule has 2 amide bonds. The predicted octanol–water partition coefficient (Wildman–Crippen LogP) is 3.67. The van der Waals surface area contributed by atoms with Crippen LogP contribution in [0.2, 0.25) is 10.0 Å². The van der Waals surface area contributed by atoms with Gasteiger partial charge in [0.15, 0.2) is 10.9 Å². The van der Waals surface area contributed by atoms with Crippen LogP contribution in [0.25, 0.3) is 6.08 Å². The number of nitrogens with one attached hydrogen (secondary N) is 1. The zero-order valence-electron chi connectivity index (χ0n) is 12.8. The highest BCUT2D eigenvalue weighted by atomic mass is 35.5. The fraction of sp³-hybridized carbons (Fsp3) is 0. The van der Waals surface area contributed by atoms with Gasteiger partial charge in [0.2, 0.25) is 0 Å². The molecule has 0 spiro atoms. The van der Waals surface area contributed by atoms with Gasteiger partial charge in [-0.2, -0.15) is 0 Å². The van der Waals surface area contributed by atoms with Crippen molar-refractivity contribution in [1.29, 1.82) is 0 Å². The topological polar surface area (TPSA) is 69.6 Å². The summed E-state index contributed by atoms with van der Waals surface area (Å²) >= 11 is 16.8. The van der Waals surface area contributed by atoms with E-state index in [4.69, 9.17) is 35.4 Å². The van der Waals surface area contributed by atoms with Gasteiger partial charge in [-0.15, -0.1) is 0 Å². The van der Waals surface area contributed by atoms with Crippen LogP contribution in [0.1, 0.15) is 5.56 Å². The van der Waals surface area contributed by atoms with Crippen molar-refractivity contribution in [2.45, 2.75) is 0 Å². The van der Waals surface area contributed by atoms with Crippen molar-refractivity contribution < 1.29 is 19.1 Å². The quantitative estimate of drug-likeness (QED) is 0.450. The minimum absolute atomic E-state index is 0.0288. The number of carbonyl (C=O) groups is 2. The number of carbonyl (C=O) groups excluding carboxylic acids is 2. The lowest BCUT2D eigenvalue weighted by Gasteiger charge is -2.28. The van der Waals surface area contributed by atoms with Crippen LogP contribution in [0.5, 0.6) is 5.75 Å². The molecule has 1 aliphatic heterocycles. The molecule has 26 heavy (non-hydrogen) atoms. The molecular formula is C17H9Cl2FN2O3S. The van der Waals surface area contributed by atoms with Crippen molar-refractivity contribution in [3.63, 3.8) is 0 Å². The zero-order valence-corrected chi connectivity index (χ0v) is 15.1. The number of aromatic hydroxyl groups is 1. The highest BCUT2D eigenvalue weighted by molar-refractivity contribution is 7.80. The minimum Gasteiger partial charge on any atom is -0.505 e. The largest absolute Gasteiger partial charge is 0.505 e. The number of thiocarbonyl (C=S) groups is 1. The van der Waals surface area contributed by atoms with E-state index < -0.39 is 17.6 Å². The first-order chi connectivity index (χ1) is 12.3. The van der Waals surface area contributed by atoms with E-state index in [0.29, 0.717) is 11.3 Å². The van der Waals surface area contributed by atoms with E-state index in [1.165, 1.54) is 42.5 Å². The van der Waals surface area contributed by atoms with Gasteiger partial charge < -0.3 is 5.11 Å². The number of hydrogen-bond donors (Lipinski definition) is 2. The first-order valence-corrected chi connectivity index (χ1v) is 8.29. The predicted molar refractivity (Wildman–Crippen MR) is 101 cm³/mol. The number of phenolic OH excluding ortho intramolecular Hbond substituents is 1. The molecule has 0 radical (unpaired) electrons. The Morgan fingerprint density at radius 1 is 1.12 bits per heavy atom. The third kappa shape index (κ3) is 3.41. The smallest absolute Gasteiger partial charge is 0.270 e. The summed E-state index contributed by atoms with van der Waals surface area (Å²) < 4.78 is 13.1. The van der Waals surface area contributed by atoms with Crippen LogP contribution in [0.4, 0.5) is 10.1 Å². The Morgan fingerprint density at radius 2 is 1.69 bits per heavy atom. The molecule has 0 unspecified atom stereocenters. The minimum atomic E-state index is -0.696. The SMILES string of the molecule is O=C1NC(=S)N(c2ccc(F)cc2)C(=O)/C1=C\c1cc(Cl)c(O)c(Cl)c1. The fourth-order valence-electron chi connectivity index (χ4n) is 2.32. The maximum atomic E-state index is 13.1. The van der Waals surface area contributed by atoms with E-state index >= 15 is 0 Å². The average molecular weight is 411 g/mol. The number of halogens is 3. The monoisotopic (exact) mass is 410 g/mol. The van der Waals surface area contributed by atoms with Crippen molar-refractivity contribution in [2.75, 3.05) is 4.90 Å². The maximum absolute atomic E-state index is 13.1. The molecular weight excluding hydrogens is 402 g/mol. The summed E-state index contributed by atoms with van der Waals surface area (Å²) in [4.78, 5) is 26.0. The second-order valence-electron chi connectivity index (χ2n) is 5.27. The van der Waals surface area contributed by atoms with Crippen LogP contribution in [0.3, 0.4) is 0 Å². The lowest BCUT2D eigenvalue weighted by molar-refractivity contribution is -0.122. The highest BCUT2D eigenvalue weighted by Crippen LogP contribution is 2.33. The molecule has 2 aromatic rings.